The number of hydrogen-bond donors (Lipinski definition) is 12. The summed E-state index contributed by atoms with van der Waals surface area (Å²) in [5.74, 6) is -1.10. The lowest BCUT2D eigenvalue weighted by Crippen LogP contribution is -2.79. The molecule has 0 spiro atoms. The first kappa shape index (κ1) is 68.5. The minimum atomic E-state index is -1.90. The third-order valence-corrected chi connectivity index (χ3v) is 22.2. The van der Waals surface area contributed by atoms with E-state index in [0.717, 1.165) is 0 Å². The Hall–Kier alpha value is -2.31. The first-order valence-electron chi connectivity index (χ1n) is 31.2. The largest absolute Gasteiger partial charge is 0.458 e. The van der Waals surface area contributed by atoms with Crippen LogP contribution in [0.1, 0.15) is 116 Å². The predicted molar refractivity (Wildman–Crippen MR) is 299 cm³/mol. The second kappa shape index (κ2) is 26.8. The van der Waals surface area contributed by atoms with Gasteiger partial charge in [0.1, 0.15) is 96.7 Å². The average Bonchev–Trinajstić information content (AvgIpc) is 1.35. The number of esters is 1. The maximum absolute atomic E-state index is 13.8. The molecule has 0 amide bonds. The monoisotopic (exact) mass is 1260 g/mol. The van der Waals surface area contributed by atoms with Gasteiger partial charge < -0.3 is 128 Å². The number of ether oxygens (including phenoxy) is 14. The van der Waals surface area contributed by atoms with Crippen LogP contribution in [0.3, 0.4) is 0 Å². The van der Waals surface area contributed by atoms with Gasteiger partial charge in [-0.3, -0.25) is 0 Å². The molecular formula is C61H96O27. The minimum absolute atomic E-state index is 0.00589. The summed E-state index contributed by atoms with van der Waals surface area (Å²) in [5.41, 5.74) is -7.25. The van der Waals surface area contributed by atoms with Gasteiger partial charge >= 0.3 is 5.97 Å². The molecular weight excluding hydrogens is 1160 g/mol. The molecule has 5 saturated heterocycles. The lowest BCUT2D eigenvalue weighted by molar-refractivity contribution is -0.385. The summed E-state index contributed by atoms with van der Waals surface area (Å²) in [4.78, 5) is 13.8. The molecule has 4 saturated carbocycles. The molecule has 12 N–H and O–H groups in total. The molecule has 88 heavy (non-hydrogen) atoms. The van der Waals surface area contributed by atoms with Gasteiger partial charge in [-0.2, -0.15) is 0 Å². The highest BCUT2D eigenvalue weighted by atomic mass is 16.8. The van der Waals surface area contributed by atoms with Gasteiger partial charge in [0.15, 0.2) is 31.5 Å². The Morgan fingerprint density at radius 1 is 0.580 bits per heavy atom. The minimum Gasteiger partial charge on any atom is -0.458 e. The van der Waals surface area contributed by atoms with Crippen molar-refractivity contribution in [3.8, 4) is 0 Å². The van der Waals surface area contributed by atoms with Crippen molar-refractivity contribution in [2.75, 3.05) is 34.5 Å². The highest BCUT2D eigenvalue weighted by Gasteiger charge is 2.82. The van der Waals surface area contributed by atoms with Crippen molar-refractivity contribution >= 4 is 5.97 Å². The molecule has 27 nitrogen and oxygen atoms in total. The third kappa shape index (κ3) is 11.9. The van der Waals surface area contributed by atoms with Gasteiger partial charge in [-0.15, -0.1) is 0 Å². The molecule has 0 radical (unpaired) electrons. The Labute approximate surface area is 512 Å². The number of carbonyl (C=O) groups excluding carboxylic acids is 1. The van der Waals surface area contributed by atoms with Crippen LogP contribution < -0.4 is 0 Å². The van der Waals surface area contributed by atoms with Gasteiger partial charge in [0, 0.05) is 34.2 Å². The summed E-state index contributed by atoms with van der Waals surface area (Å²) in [6, 6.07) is 8.52. The molecule has 10 rings (SSSR count). The lowest BCUT2D eigenvalue weighted by Gasteiger charge is -2.69. The summed E-state index contributed by atoms with van der Waals surface area (Å²) in [6.07, 6.45) is -27.4. The van der Waals surface area contributed by atoms with Crippen molar-refractivity contribution in [3.63, 3.8) is 0 Å². The number of fused-ring (bicyclic) bond motifs is 5. The highest BCUT2D eigenvalue weighted by molar-refractivity contribution is 5.89. The topological polar surface area (TPSA) is 389 Å². The normalized spacial score (nSPS) is 51.8. The van der Waals surface area contributed by atoms with E-state index < -0.39 is 206 Å². The first-order chi connectivity index (χ1) is 41.7. The number of rotatable bonds is 18. The fourth-order valence-electron chi connectivity index (χ4n) is 16.9. The van der Waals surface area contributed by atoms with Gasteiger partial charge in [-0.05, 0) is 108 Å². The van der Waals surface area contributed by atoms with E-state index in [4.69, 9.17) is 66.3 Å². The lowest BCUT2D eigenvalue weighted by atomic mass is 9.40. The molecule has 1 aromatic rings. The quantitative estimate of drug-likeness (QED) is 0.0606. The maximum Gasteiger partial charge on any atom is 0.338 e. The van der Waals surface area contributed by atoms with Crippen LogP contribution in [0, 0.1) is 22.7 Å². The molecule has 33 atom stereocenters. The summed E-state index contributed by atoms with van der Waals surface area (Å²) >= 11 is 0. The molecule has 4 aliphatic carbocycles. The van der Waals surface area contributed by atoms with Crippen molar-refractivity contribution in [2.24, 2.45) is 22.7 Å². The van der Waals surface area contributed by atoms with Crippen molar-refractivity contribution in [1.82, 2.24) is 0 Å². The number of carbonyl (C=O) groups is 1. The Balaban J connectivity index is 0.730. The van der Waals surface area contributed by atoms with E-state index in [1.54, 1.807) is 58.2 Å². The second-order valence-corrected chi connectivity index (χ2v) is 26.7. The van der Waals surface area contributed by atoms with E-state index in [0.29, 0.717) is 37.7 Å². The van der Waals surface area contributed by atoms with Gasteiger partial charge in [0.25, 0.3) is 0 Å². The van der Waals surface area contributed by atoms with E-state index in [9.17, 15) is 66.1 Å². The van der Waals surface area contributed by atoms with Crippen molar-refractivity contribution in [3.05, 3.63) is 35.9 Å². The fourth-order valence-corrected chi connectivity index (χ4v) is 16.9. The number of hydrogen-bond acceptors (Lipinski definition) is 27. The van der Waals surface area contributed by atoms with Gasteiger partial charge in [-0.25, -0.2) is 4.79 Å². The van der Waals surface area contributed by atoms with Crippen molar-refractivity contribution in [2.45, 2.75) is 282 Å². The van der Waals surface area contributed by atoms with Gasteiger partial charge in [-0.1, -0.05) is 32.0 Å². The molecule has 1 aromatic carbocycles. The average molecular weight is 1260 g/mol. The van der Waals surface area contributed by atoms with Crippen LogP contribution in [0.25, 0.3) is 0 Å². The number of benzene rings is 1. The van der Waals surface area contributed by atoms with E-state index >= 15 is 0 Å². The van der Waals surface area contributed by atoms with Crippen LogP contribution in [0.5, 0.6) is 0 Å². The van der Waals surface area contributed by atoms with Crippen LogP contribution in [0.4, 0.5) is 0 Å². The Morgan fingerprint density at radius 2 is 1.14 bits per heavy atom. The summed E-state index contributed by atoms with van der Waals surface area (Å²) in [7, 11) is 4.43. The third-order valence-electron chi connectivity index (χ3n) is 22.2. The standard InChI is InChI=1S/C61H96O27/c1-27-48(34(75-7)22-40(78-27)81-33-16-17-57(5)32(21-33)15-18-60(73)38(57)24-39(84-53(71)31-13-11-10-12-14-31)58(6)59(72,30(4)64)19-20-61(58,60)74)85-41-23-35(76-8)49(28(2)79-41)86-56-47(70)52(77-9)50(29(3)80-56)87-55-46(69)44(67)51(37(26-63)83-55)88-54-45(68)43(66)42(65)36(25-62)82-54/h10-14,27-30,32-52,54-56,62-70,72-74H,15-26H2,1-9H3/t27?,28?,29?,30-,32?,33?,34?,35?,36?,37?,38?,39?,40?,41?,42?,43?,44?,45?,46?,47?,48?,49?,50?,51?,52?,54?,55?,56?,57-,58+,59?,60-,61+/m0/s1. The van der Waals surface area contributed by atoms with E-state index in [1.165, 1.54) is 21.1 Å². The number of aliphatic hydroxyl groups is 12. The molecule has 5 heterocycles. The smallest absolute Gasteiger partial charge is 0.338 e. The van der Waals surface area contributed by atoms with Gasteiger partial charge in [0.2, 0.25) is 0 Å². The highest BCUT2D eigenvalue weighted by Crippen LogP contribution is 2.72. The molecule has 9 fully saturated rings. The summed E-state index contributed by atoms with van der Waals surface area (Å²) < 4.78 is 86.2. The van der Waals surface area contributed by atoms with Crippen LogP contribution in [-0.4, -0.2) is 278 Å². The van der Waals surface area contributed by atoms with Gasteiger partial charge in [0.05, 0.1) is 72.5 Å². The molecule has 5 aliphatic heterocycles. The molecule has 28 unspecified atom stereocenters. The zero-order valence-corrected chi connectivity index (χ0v) is 51.5. The maximum atomic E-state index is 13.8. The predicted octanol–water partition coefficient (Wildman–Crippen LogP) is -1.21. The van der Waals surface area contributed by atoms with E-state index in [-0.39, 0.29) is 44.1 Å². The molecule has 0 aromatic heterocycles. The van der Waals surface area contributed by atoms with Crippen molar-refractivity contribution in [1.29, 1.82) is 0 Å². The SMILES string of the molecule is COC1CC(OC2CC[C@@]3(C)C(CC[C@]4(O)C3CC(OC(=O)c3ccccc3)[C@]3(C)C(O)([C@H](C)O)CC[C@]43O)C2)OC(C)C1OC1CC(OC)C(OC2OC(C)C(OC3OC(CO)C(OC4OC(CO)C(O)C(O)C4O)C(O)C3O)C(OC)C2O)C(C)O1. The molecule has 0 bridgehead atoms. The molecule has 27 heteroatoms. The van der Waals surface area contributed by atoms with Crippen LogP contribution in [0.15, 0.2) is 30.3 Å². The number of methoxy groups -OCH3 is 3. The van der Waals surface area contributed by atoms with Crippen molar-refractivity contribution < 1.29 is 132 Å². The Bertz CT molecular complexity index is 2470. The first-order valence-corrected chi connectivity index (χ1v) is 31.2. The van der Waals surface area contributed by atoms with Crippen LogP contribution in [0.2, 0.25) is 0 Å². The number of aliphatic hydroxyl groups excluding tert-OH is 9. The second-order valence-electron chi connectivity index (χ2n) is 26.7. The molecule has 9 aliphatic rings. The van der Waals surface area contributed by atoms with Crippen LogP contribution >= 0.6 is 0 Å². The zero-order valence-electron chi connectivity index (χ0n) is 51.5. The van der Waals surface area contributed by atoms with E-state index in [2.05, 4.69) is 6.92 Å². The summed E-state index contributed by atoms with van der Waals surface area (Å²) in [6.45, 7) is 8.98. The zero-order chi connectivity index (χ0) is 63.7. The summed E-state index contributed by atoms with van der Waals surface area (Å²) in [5, 5.41) is 135. The van der Waals surface area contributed by atoms with Crippen LogP contribution in [-0.2, 0) is 66.3 Å². The Morgan fingerprint density at radius 3 is 1.74 bits per heavy atom. The fraction of sp³-hybridized carbons (Fsp3) is 0.885. The Kier molecular flexibility index (Phi) is 20.9. The van der Waals surface area contributed by atoms with E-state index in [1.807, 2.05) is 6.92 Å². The molecule has 502 valence electrons.